The lowest BCUT2D eigenvalue weighted by Crippen LogP contribution is -2.25. The first kappa shape index (κ1) is 24.9. The zero-order chi connectivity index (χ0) is 23.3. The second kappa shape index (κ2) is 10.8. The molecule has 2 aromatic rings. The van der Waals surface area contributed by atoms with E-state index in [0.29, 0.717) is 29.2 Å². The van der Waals surface area contributed by atoms with Crippen LogP contribution in [-0.2, 0) is 20.8 Å². The lowest BCUT2D eigenvalue weighted by Gasteiger charge is -2.14. The van der Waals surface area contributed by atoms with Gasteiger partial charge in [0.2, 0.25) is 5.91 Å². The molecule has 0 aliphatic carbocycles. The van der Waals surface area contributed by atoms with Crippen LogP contribution >= 0.6 is 22.9 Å². The molecule has 0 aliphatic heterocycles. The normalized spacial score (nSPS) is 11.8. The fourth-order valence-corrected chi connectivity index (χ4v) is 4.16. The Balaban J connectivity index is 2.29. The monoisotopic (exact) mass is 469 g/mol. The van der Waals surface area contributed by atoms with E-state index >= 15 is 0 Å². The van der Waals surface area contributed by atoms with Gasteiger partial charge in [-0.25, -0.2) is 9.59 Å². The van der Waals surface area contributed by atoms with Gasteiger partial charge in [-0.1, -0.05) is 25.4 Å². The Morgan fingerprint density at radius 3 is 2.39 bits per heavy atom. The van der Waals surface area contributed by atoms with Crippen LogP contribution < -0.4 is 5.32 Å². The molecule has 1 amide bonds. The lowest BCUT2D eigenvalue weighted by molar-refractivity contribution is -0.119. The molecule has 1 unspecified atom stereocenters. The lowest BCUT2D eigenvalue weighted by atomic mass is 10.1. The van der Waals surface area contributed by atoms with Gasteiger partial charge in [-0.2, -0.15) is 5.10 Å². The zero-order valence-corrected chi connectivity index (χ0v) is 20.2. The number of anilines is 1. The van der Waals surface area contributed by atoms with Crippen LogP contribution in [0.3, 0.4) is 0 Å². The van der Waals surface area contributed by atoms with Crippen molar-refractivity contribution in [2.75, 3.05) is 18.5 Å². The van der Waals surface area contributed by atoms with Crippen LogP contribution in [-0.4, -0.2) is 40.8 Å². The molecule has 0 fully saturated rings. The van der Waals surface area contributed by atoms with Crippen LogP contribution in [0.4, 0.5) is 5.00 Å². The Hall–Kier alpha value is -2.39. The SMILES string of the molecule is CCCOC(=O)c1c(NC(=O)C(C)Cn2nc(C)c(Cl)c2C)sc(C(=O)OCC)c1C. The van der Waals surface area contributed by atoms with Gasteiger partial charge in [0.25, 0.3) is 0 Å². The number of nitrogens with one attached hydrogen (secondary N) is 1. The Bertz CT molecular complexity index is 982. The summed E-state index contributed by atoms with van der Waals surface area (Å²) in [5.74, 6) is -1.91. The van der Waals surface area contributed by atoms with E-state index in [0.717, 1.165) is 17.0 Å². The van der Waals surface area contributed by atoms with Gasteiger partial charge in [0.1, 0.15) is 9.88 Å². The average molecular weight is 470 g/mol. The van der Waals surface area contributed by atoms with E-state index in [-0.39, 0.29) is 34.6 Å². The molecular formula is C21H28ClN3O5S. The van der Waals surface area contributed by atoms with Gasteiger partial charge in [0.05, 0.1) is 47.7 Å². The number of carbonyl (C=O) groups is 3. The van der Waals surface area contributed by atoms with Gasteiger partial charge in [-0.15, -0.1) is 11.3 Å². The minimum atomic E-state index is -0.584. The van der Waals surface area contributed by atoms with Crippen molar-refractivity contribution >= 4 is 45.8 Å². The van der Waals surface area contributed by atoms with Crippen molar-refractivity contribution in [1.82, 2.24) is 9.78 Å². The Morgan fingerprint density at radius 2 is 1.84 bits per heavy atom. The van der Waals surface area contributed by atoms with Crippen LogP contribution in [0.5, 0.6) is 0 Å². The van der Waals surface area contributed by atoms with Crippen molar-refractivity contribution in [3.63, 3.8) is 0 Å². The molecule has 170 valence electrons. The highest BCUT2D eigenvalue weighted by atomic mass is 35.5. The Kier molecular flexibility index (Phi) is 8.64. The largest absolute Gasteiger partial charge is 0.462 e. The highest BCUT2D eigenvalue weighted by Gasteiger charge is 2.28. The predicted octanol–water partition coefficient (Wildman–Crippen LogP) is 4.54. The summed E-state index contributed by atoms with van der Waals surface area (Å²) in [5.41, 5.74) is 2.08. The van der Waals surface area contributed by atoms with Crippen LogP contribution in [0.2, 0.25) is 5.02 Å². The van der Waals surface area contributed by atoms with Crippen LogP contribution in [0.1, 0.15) is 64.2 Å². The van der Waals surface area contributed by atoms with Crippen molar-refractivity contribution in [2.45, 2.75) is 54.5 Å². The van der Waals surface area contributed by atoms with Crippen molar-refractivity contribution in [1.29, 1.82) is 0 Å². The van der Waals surface area contributed by atoms with E-state index in [1.165, 1.54) is 0 Å². The number of carbonyl (C=O) groups excluding carboxylic acids is 3. The molecule has 0 saturated carbocycles. The smallest absolute Gasteiger partial charge is 0.348 e. The van der Waals surface area contributed by atoms with E-state index in [4.69, 9.17) is 21.1 Å². The van der Waals surface area contributed by atoms with Gasteiger partial charge >= 0.3 is 11.9 Å². The number of amides is 1. The summed E-state index contributed by atoms with van der Waals surface area (Å²) >= 11 is 7.19. The minimum Gasteiger partial charge on any atom is -0.462 e. The molecule has 0 bridgehead atoms. The quantitative estimate of drug-likeness (QED) is 0.541. The van der Waals surface area contributed by atoms with Gasteiger partial charge < -0.3 is 14.8 Å². The fourth-order valence-electron chi connectivity index (χ4n) is 2.94. The zero-order valence-electron chi connectivity index (χ0n) is 18.6. The molecule has 0 aliphatic rings. The summed E-state index contributed by atoms with van der Waals surface area (Å²) in [6.45, 7) is 11.4. The number of hydrogen-bond acceptors (Lipinski definition) is 7. The first-order valence-corrected chi connectivity index (χ1v) is 11.3. The standard InChI is InChI=1S/C21H28ClN3O5S/c1-7-9-30-20(27)15-12(4)17(21(28)29-8-2)31-19(15)23-18(26)11(3)10-25-14(6)16(22)13(5)24-25/h11H,7-10H2,1-6H3,(H,23,26). The summed E-state index contributed by atoms with van der Waals surface area (Å²) in [5, 5.41) is 7.98. The van der Waals surface area contributed by atoms with Crippen molar-refractivity contribution in [3.8, 4) is 0 Å². The highest BCUT2D eigenvalue weighted by Crippen LogP contribution is 2.35. The first-order chi connectivity index (χ1) is 14.6. The van der Waals surface area contributed by atoms with Crippen molar-refractivity contribution in [3.05, 3.63) is 32.4 Å². The molecule has 0 radical (unpaired) electrons. The predicted molar refractivity (Wildman–Crippen MR) is 120 cm³/mol. The number of rotatable bonds is 9. The third-order valence-corrected chi connectivity index (χ3v) is 6.41. The maximum Gasteiger partial charge on any atom is 0.348 e. The third kappa shape index (κ3) is 5.65. The summed E-state index contributed by atoms with van der Waals surface area (Å²) in [7, 11) is 0. The fraction of sp³-hybridized carbons (Fsp3) is 0.524. The Labute approximate surface area is 190 Å². The molecule has 1 atom stereocenters. The van der Waals surface area contributed by atoms with E-state index in [1.54, 1.807) is 32.4 Å². The van der Waals surface area contributed by atoms with E-state index in [9.17, 15) is 14.4 Å². The Morgan fingerprint density at radius 1 is 1.16 bits per heavy atom. The summed E-state index contributed by atoms with van der Waals surface area (Å²) in [6.07, 6.45) is 0.656. The third-order valence-electron chi connectivity index (χ3n) is 4.67. The molecular weight excluding hydrogens is 442 g/mol. The number of hydrogen-bond donors (Lipinski definition) is 1. The number of esters is 2. The molecule has 31 heavy (non-hydrogen) atoms. The molecule has 2 aromatic heterocycles. The maximum atomic E-state index is 12.9. The van der Waals surface area contributed by atoms with Gasteiger partial charge in [0, 0.05) is 0 Å². The van der Waals surface area contributed by atoms with Gasteiger partial charge in [0.15, 0.2) is 0 Å². The number of halogens is 1. The van der Waals surface area contributed by atoms with E-state index in [1.807, 2.05) is 13.8 Å². The topological polar surface area (TPSA) is 99.5 Å². The second-order valence-electron chi connectivity index (χ2n) is 7.17. The number of thiophene rings is 1. The van der Waals surface area contributed by atoms with Crippen LogP contribution in [0.25, 0.3) is 0 Å². The minimum absolute atomic E-state index is 0.177. The molecule has 1 N–H and O–H groups in total. The van der Waals surface area contributed by atoms with E-state index < -0.39 is 17.9 Å². The molecule has 2 rings (SSSR count). The average Bonchev–Trinajstić information content (AvgIpc) is 3.17. The molecule has 2 heterocycles. The van der Waals surface area contributed by atoms with Crippen molar-refractivity contribution in [2.24, 2.45) is 5.92 Å². The number of aromatic nitrogens is 2. The van der Waals surface area contributed by atoms with Gasteiger partial charge in [-0.05, 0) is 39.7 Å². The number of nitrogens with zero attached hydrogens (tertiary/aromatic N) is 2. The summed E-state index contributed by atoms with van der Waals surface area (Å²) in [4.78, 5) is 38.1. The van der Waals surface area contributed by atoms with E-state index in [2.05, 4.69) is 10.4 Å². The molecule has 8 nitrogen and oxygen atoms in total. The highest BCUT2D eigenvalue weighted by molar-refractivity contribution is 7.18. The van der Waals surface area contributed by atoms with Gasteiger partial charge in [-0.3, -0.25) is 9.48 Å². The number of aryl methyl sites for hydroxylation is 1. The second-order valence-corrected chi connectivity index (χ2v) is 8.57. The number of ether oxygens (including phenoxy) is 2. The first-order valence-electron chi connectivity index (χ1n) is 10.1. The molecule has 0 spiro atoms. The molecule has 0 aromatic carbocycles. The van der Waals surface area contributed by atoms with Crippen LogP contribution in [0.15, 0.2) is 0 Å². The summed E-state index contributed by atoms with van der Waals surface area (Å²) in [6, 6.07) is 0. The summed E-state index contributed by atoms with van der Waals surface area (Å²) < 4.78 is 12.0. The van der Waals surface area contributed by atoms with Crippen LogP contribution in [0, 0.1) is 26.7 Å². The molecule has 10 heteroatoms. The van der Waals surface area contributed by atoms with Crippen molar-refractivity contribution < 1.29 is 23.9 Å². The maximum absolute atomic E-state index is 12.9. The molecule has 0 saturated heterocycles.